The van der Waals surface area contributed by atoms with Crippen LogP contribution in [0.1, 0.15) is 33.2 Å². The average Bonchev–Trinajstić information content (AvgIpc) is 3.22. The minimum absolute atomic E-state index is 0.215. The third-order valence-corrected chi connectivity index (χ3v) is 4.53. The minimum Gasteiger partial charge on any atom is -0.406 e. The molecule has 0 spiro atoms. The second-order valence-corrected chi connectivity index (χ2v) is 6.49. The van der Waals surface area contributed by atoms with Gasteiger partial charge in [0.25, 0.3) is 0 Å². The summed E-state index contributed by atoms with van der Waals surface area (Å²) in [5.74, 6) is -1.22. The molecule has 1 atom stereocenters. The van der Waals surface area contributed by atoms with E-state index in [-0.39, 0.29) is 11.5 Å². The Labute approximate surface area is 157 Å². The maximum absolute atomic E-state index is 13.0. The van der Waals surface area contributed by atoms with Crippen molar-refractivity contribution < 1.29 is 22.7 Å². The summed E-state index contributed by atoms with van der Waals surface area (Å²) in [7, 11) is 3.59. The van der Waals surface area contributed by atoms with Crippen LogP contribution in [-0.4, -0.2) is 31.5 Å². The highest BCUT2D eigenvalue weighted by molar-refractivity contribution is 6.09. The molecule has 1 aliphatic carbocycles. The van der Waals surface area contributed by atoms with Crippen molar-refractivity contribution in [1.82, 2.24) is 19.3 Å². The topological polar surface area (TPSA) is 61.9 Å². The molecule has 4 rings (SSSR count). The summed E-state index contributed by atoms with van der Waals surface area (Å²) in [6.45, 7) is 0. The minimum atomic E-state index is -4.77. The molecule has 0 aliphatic heterocycles. The van der Waals surface area contributed by atoms with Crippen LogP contribution in [0, 0.1) is 0 Å². The third kappa shape index (κ3) is 3.19. The zero-order valence-electron chi connectivity index (χ0n) is 14.9. The Kier molecular flexibility index (Phi) is 4.10. The quantitative estimate of drug-likeness (QED) is 0.689. The second kappa shape index (κ2) is 6.36. The summed E-state index contributed by atoms with van der Waals surface area (Å²) >= 11 is 0. The van der Waals surface area contributed by atoms with Gasteiger partial charge in [0.05, 0.1) is 24.1 Å². The monoisotopic (exact) mass is 388 g/mol. The fraction of sp³-hybridized carbons (Fsp3) is 0.211. The van der Waals surface area contributed by atoms with Crippen LogP contribution in [0.4, 0.5) is 13.2 Å². The number of benzene rings is 1. The maximum Gasteiger partial charge on any atom is 0.573 e. The van der Waals surface area contributed by atoms with Crippen molar-refractivity contribution in [2.45, 2.75) is 12.3 Å². The van der Waals surface area contributed by atoms with E-state index in [9.17, 15) is 18.0 Å². The van der Waals surface area contributed by atoms with Gasteiger partial charge in [-0.15, -0.1) is 13.2 Å². The standard InChI is InChI=1S/C19H15F3N4O2/c1-25-10-23-16-17(25)14(12-8-24-26(2)9-12)7-15(18(16)27)11-3-5-13(6-4-11)28-19(20,21)22/h3-10,15H,1-2H3/t15-/m0/s1. The van der Waals surface area contributed by atoms with Gasteiger partial charge in [0.1, 0.15) is 11.4 Å². The number of ketones is 1. The van der Waals surface area contributed by atoms with Gasteiger partial charge in [0.2, 0.25) is 0 Å². The number of allylic oxidation sites excluding steroid dienone is 1. The lowest BCUT2D eigenvalue weighted by Gasteiger charge is -2.21. The number of hydrogen-bond donors (Lipinski definition) is 0. The van der Waals surface area contributed by atoms with Crippen LogP contribution in [0.15, 0.2) is 49.1 Å². The van der Waals surface area contributed by atoms with Crippen molar-refractivity contribution in [2.75, 3.05) is 0 Å². The van der Waals surface area contributed by atoms with Crippen molar-refractivity contribution in [1.29, 1.82) is 0 Å². The first kappa shape index (κ1) is 18.0. The molecule has 1 aromatic carbocycles. The van der Waals surface area contributed by atoms with E-state index in [4.69, 9.17) is 0 Å². The summed E-state index contributed by atoms with van der Waals surface area (Å²) in [6, 6.07) is 5.30. The molecular formula is C19H15F3N4O2. The van der Waals surface area contributed by atoms with Gasteiger partial charge in [0, 0.05) is 31.4 Å². The molecule has 0 fully saturated rings. The Bertz CT molecular complexity index is 1080. The molecule has 0 unspecified atom stereocenters. The summed E-state index contributed by atoms with van der Waals surface area (Å²) in [6.07, 6.45) is 2.11. The van der Waals surface area contributed by atoms with E-state index >= 15 is 0 Å². The number of Topliss-reactive ketones (excluding diaryl/α,β-unsaturated/α-hetero) is 1. The van der Waals surface area contributed by atoms with Gasteiger partial charge >= 0.3 is 6.36 Å². The van der Waals surface area contributed by atoms with Gasteiger partial charge in [-0.2, -0.15) is 5.10 Å². The van der Waals surface area contributed by atoms with Gasteiger partial charge in [-0.1, -0.05) is 18.2 Å². The van der Waals surface area contributed by atoms with Crippen molar-refractivity contribution in [2.24, 2.45) is 14.1 Å². The van der Waals surface area contributed by atoms with E-state index in [0.29, 0.717) is 17.0 Å². The second-order valence-electron chi connectivity index (χ2n) is 6.49. The summed E-state index contributed by atoms with van der Waals surface area (Å²) in [4.78, 5) is 17.2. The van der Waals surface area contributed by atoms with Crippen LogP contribution in [0.3, 0.4) is 0 Å². The van der Waals surface area contributed by atoms with Crippen molar-refractivity contribution in [3.63, 3.8) is 0 Å². The summed E-state index contributed by atoms with van der Waals surface area (Å²) in [5.41, 5.74) is 3.18. The fourth-order valence-electron chi connectivity index (χ4n) is 3.31. The lowest BCUT2D eigenvalue weighted by molar-refractivity contribution is -0.274. The fourth-order valence-corrected chi connectivity index (χ4v) is 3.31. The number of ether oxygens (including phenoxy) is 1. The van der Waals surface area contributed by atoms with E-state index in [0.717, 1.165) is 11.1 Å². The highest BCUT2D eigenvalue weighted by Crippen LogP contribution is 2.37. The number of aryl methyl sites for hydroxylation is 2. The zero-order chi connectivity index (χ0) is 20.1. The van der Waals surface area contributed by atoms with E-state index in [1.165, 1.54) is 24.3 Å². The molecular weight excluding hydrogens is 373 g/mol. The van der Waals surface area contributed by atoms with E-state index in [2.05, 4.69) is 14.8 Å². The largest absolute Gasteiger partial charge is 0.573 e. The van der Waals surface area contributed by atoms with Crippen molar-refractivity contribution in [3.8, 4) is 5.75 Å². The van der Waals surface area contributed by atoms with Gasteiger partial charge < -0.3 is 9.30 Å². The number of aromatic nitrogens is 4. The Hall–Kier alpha value is -3.36. The van der Waals surface area contributed by atoms with Crippen LogP contribution in [0.25, 0.3) is 5.57 Å². The number of halogens is 3. The Morgan fingerprint density at radius 2 is 1.86 bits per heavy atom. The number of nitrogens with zero attached hydrogens (tertiary/aromatic N) is 4. The smallest absolute Gasteiger partial charge is 0.406 e. The predicted octanol–water partition coefficient (Wildman–Crippen LogP) is 3.46. The SMILES string of the molecule is Cn1cc(C2=C[C@@H](c3ccc(OC(F)(F)F)cc3)C(=O)c3ncn(C)c32)cn1. The number of imidazole rings is 1. The molecule has 6 nitrogen and oxygen atoms in total. The van der Waals surface area contributed by atoms with Gasteiger partial charge in [-0.05, 0) is 17.7 Å². The molecule has 144 valence electrons. The number of hydrogen-bond acceptors (Lipinski definition) is 4. The Balaban J connectivity index is 1.76. The molecule has 0 saturated heterocycles. The summed E-state index contributed by atoms with van der Waals surface area (Å²) < 4.78 is 44.4. The van der Waals surface area contributed by atoms with Crippen molar-refractivity contribution >= 4 is 11.4 Å². The number of alkyl halides is 3. The molecule has 2 aromatic heterocycles. The van der Waals surface area contributed by atoms with Crippen LogP contribution in [0.2, 0.25) is 0 Å². The molecule has 0 N–H and O–H groups in total. The van der Waals surface area contributed by atoms with Gasteiger partial charge in [-0.3, -0.25) is 9.48 Å². The summed E-state index contributed by atoms with van der Waals surface area (Å²) in [5, 5.41) is 4.18. The molecule has 0 amide bonds. The van der Waals surface area contributed by atoms with E-state index < -0.39 is 12.3 Å². The number of rotatable bonds is 3. The first-order valence-corrected chi connectivity index (χ1v) is 8.35. The van der Waals surface area contributed by atoms with Gasteiger partial charge in [0.15, 0.2) is 5.78 Å². The number of carbonyl (C=O) groups excluding carboxylic acids is 1. The Morgan fingerprint density at radius 1 is 1.14 bits per heavy atom. The average molecular weight is 388 g/mol. The predicted molar refractivity (Wildman–Crippen MR) is 93.7 cm³/mol. The number of fused-ring (bicyclic) bond motifs is 1. The van der Waals surface area contributed by atoms with Gasteiger partial charge in [-0.25, -0.2) is 4.98 Å². The Morgan fingerprint density at radius 3 is 2.46 bits per heavy atom. The highest BCUT2D eigenvalue weighted by Gasteiger charge is 2.34. The molecule has 2 heterocycles. The molecule has 28 heavy (non-hydrogen) atoms. The van der Waals surface area contributed by atoms with Crippen LogP contribution in [-0.2, 0) is 14.1 Å². The molecule has 0 saturated carbocycles. The molecule has 9 heteroatoms. The maximum atomic E-state index is 13.0. The zero-order valence-corrected chi connectivity index (χ0v) is 14.9. The van der Waals surface area contributed by atoms with Crippen molar-refractivity contribution in [3.05, 3.63) is 71.6 Å². The van der Waals surface area contributed by atoms with E-state index in [1.807, 2.05) is 6.20 Å². The molecule has 0 radical (unpaired) electrons. The first-order chi connectivity index (χ1) is 13.2. The van der Waals surface area contributed by atoms with Crippen LogP contribution < -0.4 is 4.74 Å². The number of carbonyl (C=O) groups is 1. The van der Waals surface area contributed by atoms with Crippen LogP contribution in [0.5, 0.6) is 5.75 Å². The lowest BCUT2D eigenvalue weighted by atomic mass is 9.83. The molecule has 0 bridgehead atoms. The van der Waals surface area contributed by atoms with E-state index in [1.54, 1.807) is 41.9 Å². The highest BCUT2D eigenvalue weighted by atomic mass is 19.4. The normalized spacial score (nSPS) is 16.7. The lowest BCUT2D eigenvalue weighted by Crippen LogP contribution is -2.20. The molecule has 1 aliphatic rings. The first-order valence-electron chi connectivity index (χ1n) is 8.35. The third-order valence-electron chi connectivity index (χ3n) is 4.53. The van der Waals surface area contributed by atoms with Crippen LogP contribution >= 0.6 is 0 Å². The molecule has 3 aromatic rings.